The van der Waals surface area contributed by atoms with Gasteiger partial charge in [0.25, 0.3) is 0 Å². The van der Waals surface area contributed by atoms with Crippen molar-refractivity contribution in [1.29, 1.82) is 0 Å². The second-order valence-electron chi connectivity index (χ2n) is 6.07. The van der Waals surface area contributed by atoms with Crippen molar-refractivity contribution in [3.63, 3.8) is 0 Å². The second kappa shape index (κ2) is 6.43. The summed E-state index contributed by atoms with van der Waals surface area (Å²) in [5, 5.41) is 0.458. The Bertz CT molecular complexity index is 217. The number of hydrogen-bond donors (Lipinski definition) is 0. The summed E-state index contributed by atoms with van der Waals surface area (Å²) in [5.41, 5.74) is 0. The first kappa shape index (κ1) is 13.7. The van der Waals surface area contributed by atoms with E-state index in [0.29, 0.717) is 5.38 Å². The quantitative estimate of drug-likeness (QED) is 0.636. The summed E-state index contributed by atoms with van der Waals surface area (Å²) in [6.07, 6.45) is 10.8. The molecule has 0 aromatic heterocycles. The zero-order valence-corrected chi connectivity index (χ0v) is 12.3. The van der Waals surface area contributed by atoms with E-state index in [1.165, 1.54) is 57.9 Å². The van der Waals surface area contributed by atoms with Gasteiger partial charge in [-0.15, -0.1) is 11.6 Å². The van der Waals surface area contributed by atoms with Gasteiger partial charge in [-0.1, -0.05) is 33.1 Å². The molecule has 0 N–H and O–H groups in total. The van der Waals surface area contributed by atoms with E-state index in [9.17, 15) is 0 Å². The SMILES string of the molecule is CCCCC(CC)CN1C2CCC1CC(Cl)C2. The summed E-state index contributed by atoms with van der Waals surface area (Å²) in [5.74, 6) is 0.921. The Balaban J connectivity index is 1.85. The number of rotatable bonds is 6. The number of unbranched alkanes of at least 4 members (excludes halogenated alkanes) is 1. The smallest absolute Gasteiger partial charge is 0.0365 e. The Morgan fingerprint density at radius 1 is 1.18 bits per heavy atom. The largest absolute Gasteiger partial charge is 0.297 e. The predicted molar refractivity (Wildman–Crippen MR) is 75.7 cm³/mol. The highest BCUT2D eigenvalue weighted by molar-refractivity contribution is 6.20. The number of hydrogen-bond acceptors (Lipinski definition) is 1. The van der Waals surface area contributed by atoms with E-state index < -0.39 is 0 Å². The fraction of sp³-hybridized carbons (Fsp3) is 1.00. The zero-order chi connectivity index (χ0) is 12.3. The molecule has 100 valence electrons. The lowest BCUT2D eigenvalue weighted by Gasteiger charge is -2.39. The van der Waals surface area contributed by atoms with Gasteiger partial charge in [0.05, 0.1) is 0 Å². The number of piperidine rings is 1. The molecular weight excluding hydrogens is 230 g/mol. The first-order chi connectivity index (χ1) is 8.24. The lowest BCUT2D eigenvalue weighted by molar-refractivity contribution is 0.115. The van der Waals surface area contributed by atoms with Gasteiger partial charge in [-0.3, -0.25) is 4.90 Å². The van der Waals surface area contributed by atoms with E-state index >= 15 is 0 Å². The van der Waals surface area contributed by atoms with Crippen LogP contribution in [0.2, 0.25) is 0 Å². The van der Waals surface area contributed by atoms with Crippen molar-refractivity contribution in [1.82, 2.24) is 4.90 Å². The van der Waals surface area contributed by atoms with Gasteiger partial charge in [0.1, 0.15) is 0 Å². The average molecular weight is 258 g/mol. The van der Waals surface area contributed by atoms with Crippen molar-refractivity contribution in [3.05, 3.63) is 0 Å². The van der Waals surface area contributed by atoms with Gasteiger partial charge >= 0.3 is 0 Å². The summed E-state index contributed by atoms with van der Waals surface area (Å²) in [4.78, 5) is 2.81. The van der Waals surface area contributed by atoms with E-state index in [1.807, 2.05) is 0 Å². The minimum Gasteiger partial charge on any atom is -0.297 e. The van der Waals surface area contributed by atoms with Crippen LogP contribution < -0.4 is 0 Å². The first-order valence-corrected chi connectivity index (χ1v) is 8.08. The van der Waals surface area contributed by atoms with Crippen LogP contribution in [0, 0.1) is 5.92 Å². The molecule has 3 unspecified atom stereocenters. The van der Waals surface area contributed by atoms with Crippen molar-refractivity contribution < 1.29 is 0 Å². The van der Waals surface area contributed by atoms with Gasteiger partial charge in [-0.05, 0) is 38.0 Å². The third-order valence-electron chi connectivity index (χ3n) is 4.84. The van der Waals surface area contributed by atoms with E-state index in [4.69, 9.17) is 11.6 Å². The summed E-state index contributed by atoms with van der Waals surface area (Å²) in [7, 11) is 0. The van der Waals surface area contributed by atoms with Crippen molar-refractivity contribution in [2.24, 2.45) is 5.92 Å². The van der Waals surface area contributed by atoms with Crippen LogP contribution in [0.1, 0.15) is 65.2 Å². The third-order valence-corrected chi connectivity index (χ3v) is 5.20. The predicted octanol–water partition coefficient (Wildman–Crippen LogP) is 4.44. The normalized spacial score (nSPS) is 35.1. The van der Waals surface area contributed by atoms with Crippen molar-refractivity contribution in [2.75, 3.05) is 6.54 Å². The minimum atomic E-state index is 0.458. The van der Waals surface area contributed by atoms with Gasteiger partial charge in [0.15, 0.2) is 0 Å². The van der Waals surface area contributed by atoms with E-state index in [0.717, 1.165) is 18.0 Å². The first-order valence-electron chi connectivity index (χ1n) is 7.64. The molecule has 2 heterocycles. The Hall–Kier alpha value is 0.250. The van der Waals surface area contributed by atoms with Crippen LogP contribution in [-0.2, 0) is 0 Å². The van der Waals surface area contributed by atoms with Crippen LogP contribution in [0.15, 0.2) is 0 Å². The minimum absolute atomic E-state index is 0.458. The third kappa shape index (κ3) is 3.38. The number of fused-ring (bicyclic) bond motifs is 2. The van der Waals surface area contributed by atoms with Crippen LogP contribution in [0.25, 0.3) is 0 Å². The number of alkyl halides is 1. The Morgan fingerprint density at radius 3 is 2.35 bits per heavy atom. The molecule has 0 aromatic rings. The molecule has 2 rings (SSSR count). The molecule has 2 heteroatoms. The Labute approximate surface area is 112 Å². The summed E-state index contributed by atoms with van der Waals surface area (Å²) in [6.45, 7) is 6.00. The van der Waals surface area contributed by atoms with Crippen molar-refractivity contribution >= 4 is 11.6 Å². The second-order valence-corrected chi connectivity index (χ2v) is 6.68. The molecular formula is C15H28ClN. The van der Waals surface area contributed by atoms with Gasteiger partial charge in [-0.25, -0.2) is 0 Å². The van der Waals surface area contributed by atoms with E-state index in [1.54, 1.807) is 0 Å². The fourth-order valence-electron chi connectivity index (χ4n) is 3.72. The molecule has 2 aliphatic rings. The number of halogens is 1. The van der Waals surface area contributed by atoms with E-state index in [-0.39, 0.29) is 0 Å². The maximum atomic E-state index is 6.34. The van der Waals surface area contributed by atoms with Crippen LogP contribution in [-0.4, -0.2) is 28.9 Å². The van der Waals surface area contributed by atoms with Crippen molar-refractivity contribution in [2.45, 2.75) is 82.7 Å². The molecule has 17 heavy (non-hydrogen) atoms. The van der Waals surface area contributed by atoms with Crippen LogP contribution in [0.4, 0.5) is 0 Å². The topological polar surface area (TPSA) is 3.24 Å². The lowest BCUT2D eigenvalue weighted by atomic mass is 9.95. The zero-order valence-electron chi connectivity index (χ0n) is 11.5. The van der Waals surface area contributed by atoms with Gasteiger partial charge in [0.2, 0.25) is 0 Å². The molecule has 0 radical (unpaired) electrons. The van der Waals surface area contributed by atoms with Gasteiger partial charge < -0.3 is 0 Å². The summed E-state index contributed by atoms with van der Waals surface area (Å²) < 4.78 is 0. The van der Waals surface area contributed by atoms with Crippen LogP contribution in [0.5, 0.6) is 0 Å². The highest BCUT2D eigenvalue weighted by Gasteiger charge is 2.40. The standard InChI is InChI=1S/C15H28ClN/c1-3-5-6-12(4-2)11-17-14-7-8-15(17)10-13(16)9-14/h12-15H,3-11H2,1-2H3. The monoisotopic (exact) mass is 257 g/mol. The lowest BCUT2D eigenvalue weighted by Crippen LogP contribution is -2.45. The molecule has 0 saturated carbocycles. The number of nitrogens with zero attached hydrogens (tertiary/aromatic N) is 1. The highest BCUT2D eigenvalue weighted by Crippen LogP contribution is 2.38. The molecule has 0 spiro atoms. The van der Waals surface area contributed by atoms with Crippen LogP contribution in [0.3, 0.4) is 0 Å². The van der Waals surface area contributed by atoms with Crippen LogP contribution >= 0.6 is 11.6 Å². The maximum Gasteiger partial charge on any atom is 0.0365 e. The molecule has 2 saturated heterocycles. The Kier molecular flexibility index (Phi) is 5.17. The van der Waals surface area contributed by atoms with Crippen molar-refractivity contribution in [3.8, 4) is 0 Å². The molecule has 2 aliphatic heterocycles. The van der Waals surface area contributed by atoms with Gasteiger partial charge in [-0.2, -0.15) is 0 Å². The van der Waals surface area contributed by atoms with Gasteiger partial charge in [0, 0.05) is 24.0 Å². The molecule has 1 nitrogen and oxygen atoms in total. The molecule has 2 fully saturated rings. The summed E-state index contributed by atoms with van der Waals surface area (Å²) in [6, 6.07) is 1.62. The average Bonchev–Trinajstić information content (AvgIpc) is 2.56. The maximum absolute atomic E-state index is 6.34. The molecule has 0 amide bonds. The molecule has 3 atom stereocenters. The highest BCUT2D eigenvalue weighted by atomic mass is 35.5. The van der Waals surface area contributed by atoms with E-state index in [2.05, 4.69) is 18.7 Å². The fourth-order valence-corrected chi connectivity index (χ4v) is 4.13. The molecule has 0 aromatic carbocycles. The molecule has 2 bridgehead atoms. The summed E-state index contributed by atoms with van der Waals surface area (Å²) >= 11 is 6.34. The Morgan fingerprint density at radius 2 is 1.82 bits per heavy atom. The molecule has 0 aliphatic carbocycles.